The molecular formula is C16H25NO3. The minimum absolute atomic E-state index is 0.195. The van der Waals surface area contributed by atoms with Crippen molar-refractivity contribution in [3.8, 4) is 11.5 Å². The van der Waals surface area contributed by atoms with Crippen molar-refractivity contribution in [2.24, 2.45) is 5.92 Å². The van der Waals surface area contributed by atoms with Gasteiger partial charge in [-0.05, 0) is 43.9 Å². The van der Waals surface area contributed by atoms with Crippen LogP contribution in [-0.2, 0) is 4.74 Å². The SMILES string of the molecule is COCC(NC(C)c1cc(OC)ccc1OC)C1CC1. The average Bonchev–Trinajstić information content (AvgIpc) is 3.30. The highest BCUT2D eigenvalue weighted by molar-refractivity contribution is 5.42. The van der Waals surface area contributed by atoms with Crippen molar-refractivity contribution in [2.45, 2.75) is 31.8 Å². The summed E-state index contributed by atoms with van der Waals surface area (Å²) in [6.07, 6.45) is 2.59. The quantitative estimate of drug-likeness (QED) is 0.794. The second-order valence-corrected chi connectivity index (χ2v) is 5.40. The second-order valence-electron chi connectivity index (χ2n) is 5.40. The number of nitrogens with one attached hydrogen (secondary N) is 1. The summed E-state index contributed by atoms with van der Waals surface area (Å²) in [5.41, 5.74) is 1.12. The summed E-state index contributed by atoms with van der Waals surface area (Å²) >= 11 is 0. The third kappa shape index (κ3) is 3.64. The molecule has 0 aliphatic heterocycles. The predicted molar refractivity (Wildman–Crippen MR) is 79.5 cm³/mol. The van der Waals surface area contributed by atoms with Gasteiger partial charge in [0, 0.05) is 24.8 Å². The maximum absolute atomic E-state index is 5.46. The highest BCUT2D eigenvalue weighted by Crippen LogP contribution is 2.35. The maximum atomic E-state index is 5.46. The zero-order valence-electron chi connectivity index (χ0n) is 12.8. The molecule has 0 spiro atoms. The van der Waals surface area contributed by atoms with Crippen LogP contribution in [0.4, 0.5) is 0 Å². The Balaban J connectivity index is 2.11. The molecule has 2 rings (SSSR count). The Bertz CT molecular complexity index is 432. The van der Waals surface area contributed by atoms with E-state index in [1.165, 1.54) is 12.8 Å². The van der Waals surface area contributed by atoms with Gasteiger partial charge in [-0.15, -0.1) is 0 Å². The Morgan fingerprint density at radius 3 is 2.50 bits per heavy atom. The Kier molecular flexibility index (Phi) is 5.26. The molecule has 4 heteroatoms. The summed E-state index contributed by atoms with van der Waals surface area (Å²) in [6.45, 7) is 2.91. The van der Waals surface area contributed by atoms with E-state index in [-0.39, 0.29) is 6.04 Å². The fourth-order valence-corrected chi connectivity index (χ4v) is 2.59. The van der Waals surface area contributed by atoms with Crippen LogP contribution in [0, 0.1) is 5.92 Å². The Hall–Kier alpha value is -1.26. The van der Waals surface area contributed by atoms with E-state index in [2.05, 4.69) is 12.2 Å². The first-order valence-corrected chi connectivity index (χ1v) is 7.16. The van der Waals surface area contributed by atoms with Crippen molar-refractivity contribution in [3.05, 3.63) is 23.8 Å². The highest BCUT2D eigenvalue weighted by Gasteiger charge is 2.32. The number of rotatable bonds is 8. The summed E-state index contributed by atoms with van der Waals surface area (Å²) in [6, 6.07) is 6.51. The van der Waals surface area contributed by atoms with Crippen molar-refractivity contribution in [2.75, 3.05) is 27.9 Å². The molecular weight excluding hydrogens is 254 g/mol. The van der Waals surface area contributed by atoms with E-state index in [9.17, 15) is 0 Å². The molecule has 0 saturated heterocycles. The molecule has 1 N–H and O–H groups in total. The second kappa shape index (κ2) is 6.95. The number of hydrogen-bond donors (Lipinski definition) is 1. The van der Waals surface area contributed by atoms with Crippen LogP contribution in [0.5, 0.6) is 11.5 Å². The average molecular weight is 279 g/mol. The molecule has 20 heavy (non-hydrogen) atoms. The molecule has 0 radical (unpaired) electrons. The van der Waals surface area contributed by atoms with E-state index in [0.29, 0.717) is 6.04 Å². The fourth-order valence-electron chi connectivity index (χ4n) is 2.59. The third-order valence-corrected chi connectivity index (χ3v) is 3.90. The zero-order chi connectivity index (χ0) is 14.5. The van der Waals surface area contributed by atoms with Crippen LogP contribution in [0.15, 0.2) is 18.2 Å². The van der Waals surface area contributed by atoms with Gasteiger partial charge in [-0.2, -0.15) is 0 Å². The molecule has 4 nitrogen and oxygen atoms in total. The summed E-state index contributed by atoms with van der Waals surface area (Å²) in [7, 11) is 5.14. The monoisotopic (exact) mass is 279 g/mol. The first-order valence-electron chi connectivity index (χ1n) is 7.16. The van der Waals surface area contributed by atoms with Crippen LogP contribution in [0.2, 0.25) is 0 Å². The molecule has 2 atom stereocenters. The minimum atomic E-state index is 0.195. The zero-order valence-corrected chi connectivity index (χ0v) is 12.8. The standard InChI is InChI=1S/C16H25NO3/c1-11(17-15(10-18-2)12-5-6-12)14-9-13(19-3)7-8-16(14)20-4/h7-9,11-12,15,17H,5-6,10H2,1-4H3. The molecule has 1 saturated carbocycles. The fraction of sp³-hybridized carbons (Fsp3) is 0.625. The molecule has 112 valence electrons. The van der Waals surface area contributed by atoms with Crippen LogP contribution in [-0.4, -0.2) is 34.0 Å². The summed E-state index contributed by atoms with van der Waals surface area (Å²) in [5.74, 6) is 2.48. The summed E-state index contributed by atoms with van der Waals surface area (Å²) < 4.78 is 16.1. The van der Waals surface area contributed by atoms with Gasteiger partial charge >= 0.3 is 0 Å². The number of methoxy groups -OCH3 is 3. The van der Waals surface area contributed by atoms with Gasteiger partial charge in [0.1, 0.15) is 11.5 Å². The van der Waals surface area contributed by atoms with E-state index >= 15 is 0 Å². The van der Waals surface area contributed by atoms with Gasteiger partial charge in [0.25, 0.3) is 0 Å². The molecule has 0 amide bonds. The molecule has 0 aromatic heterocycles. The van der Waals surface area contributed by atoms with Gasteiger partial charge in [0.2, 0.25) is 0 Å². The van der Waals surface area contributed by atoms with Crippen molar-refractivity contribution < 1.29 is 14.2 Å². The molecule has 2 unspecified atom stereocenters. The largest absolute Gasteiger partial charge is 0.497 e. The first-order chi connectivity index (χ1) is 9.69. The summed E-state index contributed by atoms with van der Waals surface area (Å²) in [5, 5.41) is 3.66. The predicted octanol–water partition coefficient (Wildman–Crippen LogP) is 2.78. The van der Waals surface area contributed by atoms with Gasteiger partial charge < -0.3 is 19.5 Å². The van der Waals surface area contributed by atoms with E-state index in [0.717, 1.165) is 29.6 Å². The highest BCUT2D eigenvalue weighted by atomic mass is 16.5. The van der Waals surface area contributed by atoms with Crippen LogP contribution in [0.3, 0.4) is 0 Å². The molecule has 0 bridgehead atoms. The summed E-state index contributed by atoms with van der Waals surface area (Å²) in [4.78, 5) is 0. The number of hydrogen-bond acceptors (Lipinski definition) is 4. The molecule has 1 fully saturated rings. The lowest BCUT2D eigenvalue weighted by Crippen LogP contribution is -2.37. The molecule has 0 heterocycles. The number of benzene rings is 1. The van der Waals surface area contributed by atoms with Gasteiger partial charge in [-0.25, -0.2) is 0 Å². The Labute approximate surface area is 121 Å². The van der Waals surface area contributed by atoms with Gasteiger partial charge in [-0.3, -0.25) is 0 Å². The van der Waals surface area contributed by atoms with Gasteiger partial charge in [0.05, 0.1) is 20.8 Å². The van der Waals surface area contributed by atoms with Gasteiger partial charge in [0.15, 0.2) is 0 Å². The van der Waals surface area contributed by atoms with Crippen molar-refractivity contribution in [1.82, 2.24) is 5.32 Å². The minimum Gasteiger partial charge on any atom is -0.497 e. The lowest BCUT2D eigenvalue weighted by atomic mass is 10.0. The first kappa shape index (κ1) is 15.1. The van der Waals surface area contributed by atoms with Crippen molar-refractivity contribution in [1.29, 1.82) is 0 Å². The van der Waals surface area contributed by atoms with Crippen LogP contribution in [0.1, 0.15) is 31.4 Å². The van der Waals surface area contributed by atoms with Crippen molar-refractivity contribution >= 4 is 0 Å². The lowest BCUT2D eigenvalue weighted by molar-refractivity contribution is 0.152. The van der Waals surface area contributed by atoms with Gasteiger partial charge in [-0.1, -0.05) is 0 Å². The van der Waals surface area contributed by atoms with Crippen LogP contribution in [0.25, 0.3) is 0 Å². The van der Waals surface area contributed by atoms with Crippen molar-refractivity contribution in [3.63, 3.8) is 0 Å². The van der Waals surface area contributed by atoms with Crippen LogP contribution < -0.4 is 14.8 Å². The molecule has 1 aromatic carbocycles. The van der Waals surface area contributed by atoms with E-state index < -0.39 is 0 Å². The Morgan fingerprint density at radius 1 is 1.20 bits per heavy atom. The topological polar surface area (TPSA) is 39.7 Å². The lowest BCUT2D eigenvalue weighted by Gasteiger charge is -2.24. The number of ether oxygens (including phenoxy) is 3. The van der Waals surface area contributed by atoms with E-state index in [4.69, 9.17) is 14.2 Å². The third-order valence-electron chi connectivity index (χ3n) is 3.90. The normalized spacial score (nSPS) is 17.6. The molecule has 1 aromatic rings. The maximum Gasteiger partial charge on any atom is 0.123 e. The smallest absolute Gasteiger partial charge is 0.123 e. The molecule has 1 aliphatic carbocycles. The molecule has 1 aliphatic rings. The van der Waals surface area contributed by atoms with E-state index in [1.807, 2.05) is 18.2 Å². The van der Waals surface area contributed by atoms with E-state index in [1.54, 1.807) is 21.3 Å². The Morgan fingerprint density at radius 2 is 1.95 bits per heavy atom. The van der Waals surface area contributed by atoms with Crippen LogP contribution >= 0.6 is 0 Å².